The molecule has 0 aliphatic carbocycles. The summed E-state index contributed by atoms with van der Waals surface area (Å²) in [6, 6.07) is 7.24. The number of carbonyl (C=O) groups is 1. The lowest BCUT2D eigenvalue weighted by atomic mass is 9.81. The van der Waals surface area contributed by atoms with Crippen LogP contribution in [0.2, 0.25) is 0 Å². The summed E-state index contributed by atoms with van der Waals surface area (Å²) in [6.07, 6.45) is 2.21. The van der Waals surface area contributed by atoms with E-state index in [1.807, 2.05) is 18.2 Å². The molecule has 0 bridgehead atoms. The molecule has 0 spiro atoms. The zero-order chi connectivity index (χ0) is 13.7. The average Bonchev–Trinajstić information content (AvgIpc) is 2.46. The topological polar surface area (TPSA) is 50.4 Å². The van der Waals surface area contributed by atoms with E-state index in [4.69, 9.17) is 4.74 Å². The monoisotopic (exact) mass is 262 g/mol. The maximum Gasteiger partial charge on any atom is 0.251 e. The van der Waals surface area contributed by atoms with Crippen LogP contribution in [0.3, 0.4) is 0 Å². The lowest BCUT2D eigenvalue weighted by Crippen LogP contribution is -2.42. The Labute approximate surface area is 114 Å². The molecule has 104 valence electrons. The Morgan fingerprint density at radius 3 is 2.84 bits per heavy atom. The fourth-order valence-electron chi connectivity index (χ4n) is 2.37. The van der Waals surface area contributed by atoms with Gasteiger partial charge in [0.05, 0.1) is 7.11 Å². The van der Waals surface area contributed by atoms with E-state index < -0.39 is 0 Å². The van der Waals surface area contributed by atoms with Gasteiger partial charge >= 0.3 is 0 Å². The van der Waals surface area contributed by atoms with Crippen LogP contribution in [-0.2, 0) is 0 Å². The van der Waals surface area contributed by atoms with Gasteiger partial charge in [-0.15, -0.1) is 0 Å². The third-order valence-corrected chi connectivity index (χ3v) is 3.82. The fourth-order valence-corrected chi connectivity index (χ4v) is 2.37. The summed E-state index contributed by atoms with van der Waals surface area (Å²) in [5, 5.41) is 6.38. The van der Waals surface area contributed by atoms with E-state index in [0.29, 0.717) is 11.3 Å². The highest BCUT2D eigenvalue weighted by atomic mass is 16.5. The van der Waals surface area contributed by atoms with Gasteiger partial charge in [-0.3, -0.25) is 4.79 Å². The van der Waals surface area contributed by atoms with Gasteiger partial charge in [0.2, 0.25) is 0 Å². The number of hydrogen-bond acceptors (Lipinski definition) is 3. The normalized spacial score (nSPS) is 17.8. The molecule has 0 radical (unpaired) electrons. The van der Waals surface area contributed by atoms with Crippen molar-refractivity contribution >= 4 is 5.91 Å². The molecule has 0 aromatic heterocycles. The number of amides is 1. The largest absolute Gasteiger partial charge is 0.497 e. The Hall–Kier alpha value is -1.55. The minimum Gasteiger partial charge on any atom is -0.497 e. The van der Waals surface area contributed by atoms with Gasteiger partial charge in [-0.1, -0.05) is 13.0 Å². The zero-order valence-corrected chi connectivity index (χ0v) is 11.7. The van der Waals surface area contributed by atoms with Crippen LogP contribution < -0.4 is 15.4 Å². The summed E-state index contributed by atoms with van der Waals surface area (Å²) in [5.74, 6) is 0.680. The molecule has 0 saturated carbocycles. The van der Waals surface area contributed by atoms with Crippen LogP contribution in [0.4, 0.5) is 0 Å². The van der Waals surface area contributed by atoms with Crippen molar-refractivity contribution in [1.82, 2.24) is 10.6 Å². The molecule has 0 unspecified atom stereocenters. The van der Waals surface area contributed by atoms with E-state index in [-0.39, 0.29) is 11.3 Å². The van der Waals surface area contributed by atoms with E-state index in [1.54, 1.807) is 13.2 Å². The number of nitrogens with one attached hydrogen (secondary N) is 2. The number of rotatable bonds is 4. The fraction of sp³-hybridized carbons (Fsp3) is 0.533. The summed E-state index contributed by atoms with van der Waals surface area (Å²) in [4.78, 5) is 12.1. The van der Waals surface area contributed by atoms with Gasteiger partial charge in [-0.05, 0) is 49.5 Å². The van der Waals surface area contributed by atoms with Crippen molar-refractivity contribution in [2.75, 3.05) is 26.7 Å². The van der Waals surface area contributed by atoms with Crippen molar-refractivity contribution in [3.05, 3.63) is 29.8 Å². The van der Waals surface area contributed by atoms with E-state index in [2.05, 4.69) is 17.6 Å². The summed E-state index contributed by atoms with van der Waals surface area (Å²) in [5.41, 5.74) is 0.858. The van der Waals surface area contributed by atoms with Crippen molar-refractivity contribution in [3.63, 3.8) is 0 Å². The molecule has 1 aliphatic heterocycles. The molecule has 1 aromatic carbocycles. The van der Waals surface area contributed by atoms with Crippen molar-refractivity contribution in [3.8, 4) is 5.75 Å². The Balaban J connectivity index is 1.93. The van der Waals surface area contributed by atoms with E-state index >= 15 is 0 Å². The lowest BCUT2D eigenvalue weighted by molar-refractivity contribution is 0.0922. The molecule has 0 atom stereocenters. The Bertz CT molecular complexity index is 440. The highest BCUT2D eigenvalue weighted by Crippen LogP contribution is 2.26. The van der Waals surface area contributed by atoms with Crippen molar-refractivity contribution < 1.29 is 9.53 Å². The lowest BCUT2D eigenvalue weighted by Gasteiger charge is -2.34. The molecular weight excluding hydrogens is 240 g/mol. The van der Waals surface area contributed by atoms with Crippen LogP contribution in [-0.4, -0.2) is 32.7 Å². The predicted octanol–water partition coefficient (Wildman–Crippen LogP) is 1.81. The highest BCUT2D eigenvalue weighted by Gasteiger charge is 2.27. The third-order valence-electron chi connectivity index (χ3n) is 3.82. The van der Waals surface area contributed by atoms with Gasteiger partial charge in [-0.2, -0.15) is 0 Å². The smallest absolute Gasteiger partial charge is 0.251 e. The van der Waals surface area contributed by atoms with Gasteiger partial charge in [0.1, 0.15) is 5.75 Å². The van der Waals surface area contributed by atoms with E-state index in [9.17, 15) is 4.79 Å². The molecule has 1 aromatic rings. The molecule has 19 heavy (non-hydrogen) atoms. The van der Waals surface area contributed by atoms with Crippen LogP contribution in [0.25, 0.3) is 0 Å². The quantitative estimate of drug-likeness (QED) is 0.870. The van der Waals surface area contributed by atoms with Crippen molar-refractivity contribution in [2.45, 2.75) is 19.8 Å². The first-order chi connectivity index (χ1) is 9.13. The van der Waals surface area contributed by atoms with Gasteiger partial charge in [0.15, 0.2) is 0 Å². The first-order valence-electron chi connectivity index (χ1n) is 6.76. The van der Waals surface area contributed by atoms with Crippen LogP contribution in [0.5, 0.6) is 5.75 Å². The van der Waals surface area contributed by atoms with Crippen LogP contribution in [0.1, 0.15) is 30.1 Å². The predicted molar refractivity (Wildman–Crippen MR) is 75.5 cm³/mol. The van der Waals surface area contributed by atoms with E-state index in [1.165, 1.54) is 0 Å². The number of ether oxygens (including phenoxy) is 1. The molecule has 1 aliphatic rings. The molecule has 1 fully saturated rings. The average molecular weight is 262 g/mol. The minimum absolute atomic E-state index is 0.0290. The SMILES string of the molecule is COc1cccc(C(=O)NCC2(C)CCNCC2)c1. The zero-order valence-electron chi connectivity index (χ0n) is 11.7. The molecule has 1 amide bonds. The Morgan fingerprint density at radius 1 is 1.42 bits per heavy atom. The Kier molecular flexibility index (Phi) is 4.43. The number of carbonyl (C=O) groups excluding carboxylic acids is 1. The Morgan fingerprint density at radius 2 is 2.16 bits per heavy atom. The summed E-state index contributed by atoms with van der Waals surface area (Å²) in [6.45, 7) is 5.03. The van der Waals surface area contributed by atoms with Gasteiger partial charge in [0, 0.05) is 12.1 Å². The molecule has 4 heteroatoms. The molecule has 4 nitrogen and oxygen atoms in total. The second-order valence-electron chi connectivity index (χ2n) is 5.48. The molecule has 1 heterocycles. The molecule has 2 N–H and O–H groups in total. The van der Waals surface area contributed by atoms with Crippen molar-refractivity contribution in [2.24, 2.45) is 5.41 Å². The van der Waals surface area contributed by atoms with Crippen molar-refractivity contribution in [1.29, 1.82) is 0 Å². The second-order valence-corrected chi connectivity index (χ2v) is 5.48. The third kappa shape index (κ3) is 3.70. The minimum atomic E-state index is -0.0290. The number of piperidine rings is 1. The maximum atomic E-state index is 12.1. The summed E-state index contributed by atoms with van der Waals surface area (Å²) >= 11 is 0. The summed E-state index contributed by atoms with van der Waals surface area (Å²) in [7, 11) is 1.60. The number of hydrogen-bond donors (Lipinski definition) is 2. The van der Waals surface area contributed by atoms with Crippen LogP contribution >= 0.6 is 0 Å². The second kappa shape index (κ2) is 6.06. The number of methoxy groups -OCH3 is 1. The van der Waals surface area contributed by atoms with E-state index in [0.717, 1.165) is 32.5 Å². The van der Waals surface area contributed by atoms with Gasteiger partial charge in [0.25, 0.3) is 5.91 Å². The molecular formula is C15H22N2O2. The highest BCUT2D eigenvalue weighted by molar-refractivity contribution is 5.94. The molecule has 1 saturated heterocycles. The first-order valence-corrected chi connectivity index (χ1v) is 6.76. The van der Waals surface area contributed by atoms with Crippen LogP contribution in [0, 0.1) is 5.41 Å². The number of benzene rings is 1. The standard InChI is InChI=1S/C15H22N2O2/c1-15(6-8-16-9-7-15)11-17-14(18)12-4-3-5-13(10-12)19-2/h3-5,10,16H,6-9,11H2,1-2H3,(H,17,18). The van der Waals surface area contributed by atoms with Gasteiger partial charge in [-0.25, -0.2) is 0 Å². The summed E-state index contributed by atoms with van der Waals surface area (Å²) < 4.78 is 5.13. The van der Waals surface area contributed by atoms with Gasteiger partial charge < -0.3 is 15.4 Å². The van der Waals surface area contributed by atoms with Crippen LogP contribution in [0.15, 0.2) is 24.3 Å². The first kappa shape index (κ1) is 13.9. The maximum absolute atomic E-state index is 12.1. The molecule has 2 rings (SSSR count).